The molecule has 0 aliphatic heterocycles. The molecular weight excluding hydrogens is 216 g/mol. The fraction of sp³-hybridized carbons (Fsp3) is 0.231. The lowest BCUT2D eigenvalue weighted by Crippen LogP contribution is -2.07. The van der Waals surface area contributed by atoms with Gasteiger partial charge in [-0.2, -0.15) is 4.98 Å². The first kappa shape index (κ1) is 10.1. The van der Waals surface area contributed by atoms with E-state index in [1.165, 1.54) is 0 Å². The number of nitrogens with zero attached hydrogens (tertiary/aromatic N) is 2. The van der Waals surface area contributed by atoms with Crippen LogP contribution >= 0.6 is 0 Å². The largest absolute Gasteiger partial charge is 0.439 e. The van der Waals surface area contributed by atoms with E-state index < -0.39 is 5.76 Å². The lowest BCUT2D eigenvalue weighted by molar-refractivity contribution is 0.528. The van der Waals surface area contributed by atoms with Crippen LogP contribution in [0.3, 0.4) is 0 Å². The third-order valence-electron chi connectivity index (χ3n) is 3.05. The number of hydrogen-bond acceptors (Lipinski definition) is 3. The maximum absolute atomic E-state index is 11.5. The molecule has 3 aromatic rings. The van der Waals surface area contributed by atoms with Gasteiger partial charge in [0.1, 0.15) is 0 Å². The second kappa shape index (κ2) is 3.45. The Bertz CT molecular complexity index is 768. The third kappa shape index (κ3) is 1.37. The van der Waals surface area contributed by atoms with Gasteiger partial charge >= 0.3 is 5.76 Å². The molecule has 0 fully saturated rings. The first-order valence-electron chi connectivity index (χ1n) is 5.58. The van der Waals surface area contributed by atoms with Crippen LogP contribution < -0.4 is 5.76 Å². The summed E-state index contributed by atoms with van der Waals surface area (Å²) in [5, 5.41) is 1.98. The predicted octanol–water partition coefficient (Wildman–Crippen LogP) is 2.24. The zero-order valence-electron chi connectivity index (χ0n) is 9.73. The van der Waals surface area contributed by atoms with Crippen LogP contribution in [0.2, 0.25) is 0 Å². The molecular formula is C13H12N2O2. The van der Waals surface area contributed by atoms with E-state index >= 15 is 0 Å². The molecule has 0 saturated heterocycles. The topological polar surface area (TPSA) is 48.0 Å². The van der Waals surface area contributed by atoms with E-state index in [1.54, 1.807) is 0 Å². The highest BCUT2D eigenvalue weighted by molar-refractivity contribution is 6.02. The number of rotatable bonds is 1. The maximum atomic E-state index is 11.5. The molecule has 0 aliphatic rings. The van der Waals surface area contributed by atoms with Crippen LogP contribution in [0.5, 0.6) is 0 Å². The molecule has 3 rings (SSSR count). The standard InChI is InChI=1S/C13H12N2O2/c1-3-10-9-5-4-8-6-7-15(2)11(8)12(9)17-13(16)14-10/h4-7H,3H2,1-2H3. The van der Waals surface area contributed by atoms with Crippen LogP contribution in [0, 0.1) is 0 Å². The van der Waals surface area contributed by atoms with Crippen molar-refractivity contribution in [1.29, 1.82) is 0 Å². The van der Waals surface area contributed by atoms with Gasteiger partial charge in [-0.15, -0.1) is 0 Å². The highest BCUT2D eigenvalue weighted by Gasteiger charge is 2.11. The molecule has 0 saturated carbocycles. The second-order valence-electron chi connectivity index (χ2n) is 4.09. The Hall–Kier alpha value is -2.10. The Morgan fingerprint density at radius 3 is 2.94 bits per heavy atom. The molecule has 0 spiro atoms. The molecule has 0 amide bonds. The number of fused-ring (bicyclic) bond motifs is 3. The number of hydrogen-bond donors (Lipinski definition) is 0. The summed E-state index contributed by atoms with van der Waals surface area (Å²) in [6.45, 7) is 1.98. The van der Waals surface area contributed by atoms with E-state index in [2.05, 4.69) is 4.98 Å². The van der Waals surface area contributed by atoms with Crippen LogP contribution in [0.1, 0.15) is 12.6 Å². The highest BCUT2D eigenvalue weighted by atomic mass is 16.4. The summed E-state index contributed by atoms with van der Waals surface area (Å²) in [5.41, 5.74) is 2.36. The summed E-state index contributed by atoms with van der Waals surface area (Å²) in [4.78, 5) is 15.4. The van der Waals surface area contributed by atoms with Crippen molar-refractivity contribution in [1.82, 2.24) is 9.55 Å². The predicted molar refractivity (Wildman–Crippen MR) is 66.1 cm³/mol. The Labute approximate surface area is 97.5 Å². The zero-order chi connectivity index (χ0) is 12.0. The van der Waals surface area contributed by atoms with Gasteiger partial charge in [0, 0.05) is 24.0 Å². The quantitative estimate of drug-likeness (QED) is 0.641. The lowest BCUT2D eigenvalue weighted by atomic mass is 10.1. The van der Waals surface area contributed by atoms with Crippen molar-refractivity contribution in [2.24, 2.45) is 7.05 Å². The summed E-state index contributed by atoms with van der Waals surface area (Å²) < 4.78 is 7.23. The van der Waals surface area contributed by atoms with E-state index in [1.807, 2.05) is 42.9 Å². The van der Waals surface area contributed by atoms with Gasteiger partial charge in [-0.25, -0.2) is 4.79 Å². The maximum Gasteiger partial charge on any atom is 0.439 e. The molecule has 2 aromatic heterocycles. The van der Waals surface area contributed by atoms with Crippen molar-refractivity contribution in [2.75, 3.05) is 0 Å². The van der Waals surface area contributed by atoms with Gasteiger partial charge in [0.25, 0.3) is 0 Å². The van der Waals surface area contributed by atoms with Crippen LogP contribution in [-0.4, -0.2) is 9.55 Å². The Morgan fingerprint density at radius 2 is 2.18 bits per heavy atom. The van der Waals surface area contributed by atoms with E-state index in [0.717, 1.165) is 28.4 Å². The molecule has 0 unspecified atom stereocenters. The molecule has 0 radical (unpaired) electrons. The van der Waals surface area contributed by atoms with Crippen molar-refractivity contribution in [2.45, 2.75) is 13.3 Å². The highest BCUT2D eigenvalue weighted by Crippen LogP contribution is 2.26. The average Bonchev–Trinajstić information content (AvgIpc) is 2.70. The third-order valence-corrected chi connectivity index (χ3v) is 3.05. The minimum atomic E-state index is -0.525. The molecule has 17 heavy (non-hydrogen) atoms. The molecule has 2 heterocycles. The Balaban J connectivity index is 2.62. The normalized spacial score (nSPS) is 11.4. The number of aryl methyl sites for hydroxylation is 2. The van der Waals surface area contributed by atoms with Gasteiger partial charge in [0.05, 0.1) is 11.2 Å². The van der Waals surface area contributed by atoms with Crippen molar-refractivity contribution >= 4 is 21.9 Å². The smallest absolute Gasteiger partial charge is 0.406 e. The van der Waals surface area contributed by atoms with Crippen molar-refractivity contribution in [3.8, 4) is 0 Å². The molecule has 0 N–H and O–H groups in total. The van der Waals surface area contributed by atoms with Gasteiger partial charge in [-0.3, -0.25) is 0 Å². The van der Waals surface area contributed by atoms with Crippen LogP contribution in [0.25, 0.3) is 21.9 Å². The first-order valence-corrected chi connectivity index (χ1v) is 5.58. The monoisotopic (exact) mass is 228 g/mol. The van der Waals surface area contributed by atoms with Crippen LogP contribution in [0.4, 0.5) is 0 Å². The van der Waals surface area contributed by atoms with Gasteiger partial charge in [0.2, 0.25) is 0 Å². The molecule has 4 nitrogen and oxygen atoms in total. The van der Waals surface area contributed by atoms with Gasteiger partial charge in [0.15, 0.2) is 5.58 Å². The number of aromatic nitrogens is 2. The second-order valence-corrected chi connectivity index (χ2v) is 4.09. The van der Waals surface area contributed by atoms with Gasteiger partial charge in [-0.05, 0) is 18.6 Å². The molecule has 1 aromatic carbocycles. The van der Waals surface area contributed by atoms with Gasteiger partial charge in [-0.1, -0.05) is 13.0 Å². The molecule has 0 atom stereocenters. The van der Waals surface area contributed by atoms with E-state index in [0.29, 0.717) is 5.58 Å². The summed E-state index contributed by atoms with van der Waals surface area (Å²) >= 11 is 0. The first-order chi connectivity index (χ1) is 8.20. The minimum absolute atomic E-state index is 0.525. The Kier molecular flexibility index (Phi) is 2.04. The fourth-order valence-electron chi connectivity index (χ4n) is 2.23. The summed E-state index contributed by atoms with van der Waals surface area (Å²) in [6.07, 6.45) is 2.67. The van der Waals surface area contributed by atoms with Crippen molar-refractivity contribution < 1.29 is 4.42 Å². The van der Waals surface area contributed by atoms with Crippen LogP contribution in [0.15, 0.2) is 33.6 Å². The van der Waals surface area contributed by atoms with Crippen molar-refractivity contribution in [3.05, 3.63) is 40.6 Å². The van der Waals surface area contributed by atoms with Crippen molar-refractivity contribution in [3.63, 3.8) is 0 Å². The minimum Gasteiger partial charge on any atom is -0.406 e. The molecule has 86 valence electrons. The van der Waals surface area contributed by atoms with Gasteiger partial charge < -0.3 is 8.98 Å². The lowest BCUT2D eigenvalue weighted by Gasteiger charge is -2.04. The zero-order valence-corrected chi connectivity index (χ0v) is 9.73. The van der Waals surface area contributed by atoms with E-state index in [9.17, 15) is 4.79 Å². The van der Waals surface area contributed by atoms with Crippen LogP contribution in [-0.2, 0) is 13.5 Å². The molecule has 4 heteroatoms. The molecule has 0 aliphatic carbocycles. The van der Waals surface area contributed by atoms with E-state index in [4.69, 9.17) is 4.42 Å². The SMILES string of the molecule is CCc1nc(=O)oc2c1ccc1ccn(C)c12. The summed E-state index contributed by atoms with van der Waals surface area (Å²) in [7, 11) is 1.94. The number of benzene rings is 1. The summed E-state index contributed by atoms with van der Waals surface area (Å²) in [5.74, 6) is -0.525. The molecule has 0 bridgehead atoms. The summed E-state index contributed by atoms with van der Waals surface area (Å²) in [6, 6.07) is 5.99. The fourth-order valence-corrected chi connectivity index (χ4v) is 2.23. The Morgan fingerprint density at radius 1 is 1.35 bits per heavy atom. The van der Waals surface area contributed by atoms with E-state index in [-0.39, 0.29) is 0 Å². The average molecular weight is 228 g/mol.